The van der Waals surface area contributed by atoms with E-state index in [1.54, 1.807) is 0 Å². The number of carboxylic acids is 1. The number of hydrogen-bond acceptors (Lipinski definition) is 1. The summed E-state index contributed by atoms with van der Waals surface area (Å²) in [5.74, 6) is -1.59. The third-order valence-electron chi connectivity index (χ3n) is 1.23. The van der Waals surface area contributed by atoms with Crippen molar-refractivity contribution in [3.05, 3.63) is 30.7 Å². The van der Waals surface area contributed by atoms with E-state index in [4.69, 9.17) is 5.11 Å². The topological polar surface area (TPSA) is 37.3 Å². The maximum atomic E-state index is 12.9. The molecule has 0 atom stereocenters. The van der Waals surface area contributed by atoms with E-state index in [0.29, 0.717) is 7.14 Å². The molecule has 5 heteroatoms. The minimum atomic E-state index is -1.11. The van der Waals surface area contributed by atoms with Crippen LogP contribution in [0.1, 0.15) is 10.4 Å². The summed E-state index contributed by atoms with van der Waals surface area (Å²) >= 11 is 3.73. The summed E-state index contributed by atoms with van der Waals surface area (Å²) in [6.45, 7) is 0. The molecular weight excluding hydrogens is 389 g/mol. The quantitative estimate of drug-likeness (QED) is 0.590. The summed E-state index contributed by atoms with van der Waals surface area (Å²) in [7, 11) is 0. The Morgan fingerprint density at radius 1 is 1.42 bits per heavy atom. The van der Waals surface area contributed by atoms with Gasteiger partial charge in [-0.3, -0.25) is 0 Å². The lowest BCUT2D eigenvalue weighted by Gasteiger charge is -1.99. The minimum Gasteiger partial charge on any atom is -0.478 e. The van der Waals surface area contributed by atoms with Gasteiger partial charge >= 0.3 is 5.97 Å². The Morgan fingerprint density at radius 2 is 2.00 bits per heavy atom. The van der Waals surface area contributed by atoms with Crippen LogP contribution in [0, 0.1) is 13.0 Å². The van der Waals surface area contributed by atoms with Gasteiger partial charge < -0.3 is 5.11 Å². The molecule has 0 amide bonds. The van der Waals surface area contributed by atoms with Crippen LogP contribution >= 0.6 is 45.2 Å². The molecule has 0 heterocycles. The van der Waals surface area contributed by atoms with Crippen molar-refractivity contribution in [3.63, 3.8) is 0 Å². The predicted molar refractivity (Wildman–Crippen MR) is 58.8 cm³/mol. The zero-order valence-corrected chi connectivity index (χ0v) is 9.96. The maximum Gasteiger partial charge on any atom is 0.335 e. The van der Waals surface area contributed by atoms with E-state index in [2.05, 4.69) is 0 Å². The average molecular weight is 392 g/mol. The van der Waals surface area contributed by atoms with Crippen molar-refractivity contribution in [2.75, 3.05) is 0 Å². The van der Waals surface area contributed by atoms with Crippen LogP contribution in [0.15, 0.2) is 12.1 Å². The molecule has 0 spiro atoms. The van der Waals surface area contributed by atoms with Gasteiger partial charge in [-0.05, 0) is 57.3 Å². The summed E-state index contributed by atoms with van der Waals surface area (Å²) in [5.41, 5.74) is -0.0164. The zero-order valence-electron chi connectivity index (χ0n) is 5.64. The third-order valence-corrected chi connectivity index (χ3v) is 4.21. The lowest BCUT2D eigenvalue weighted by atomic mass is 10.2. The summed E-state index contributed by atoms with van der Waals surface area (Å²) in [4.78, 5) is 10.4. The highest BCUT2D eigenvalue weighted by Gasteiger charge is 2.10. The molecule has 64 valence electrons. The zero-order chi connectivity index (χ0) is 9.30. The van der Waals surface area contributed by atoms with Gasteiger partial charge in [-0.1, -0.05) is 0 Å². The van der Waals surface area contributed by atoms with Crippen LogP contribution in [0.25, 0.3) is 0 Å². The van der Waals surface area contributed by atoms with Gasteiger partial charge in [-0.2, -0.15) is 0 Å². The molecular formula is C7H3FI2O2. The Labute approximate surface area is 95.4 Å². The first-order chi connectivity index (χ1) is 5.52. The molecule has 0 unspecified atom stereocenters. The van der Waals surface area contributed by atoms with Crippen molar-refractivity contribution in [1.29, 1.82) is 0 Å². The van der Waals surface area contributed by atoms with Crippen molar-refractivity contribution in [2.24, 2.45) is 0 Å². The molecule has 12 heavy (non-hydrogen) atoms. The fourth-order valence-corrected chi connectivity index (χ4v) is 1.58. The second-order valence-corrected chi connectivity index (χ2v) is 4.30. The van der Waals surface area contributed by atoms with Crippen LogP contribution in [0.3, 0.4) is 0 Å². The average Bonchev–Trinajstić information content (AvgIpc) is 1.99. The Balaban J connectivity index is 3.31. The van der Waals surface area contributed by atoms with Gasteiger partial charge in [-0.25, -0.2) is 9.18 Å². The highest BCUT2D eigenvalue weighted by Crippen LogP contribution is 2.20. The molecule has 0 aliphatic rings. The first kappa shape index (κ1) is 10.2. The van der Waals surface area contributed by atoms with Crippen LogP contribution in [0.2, 0.25) is 0 Å². The summed E-state index contributed by atoms with van der Waals surface area (Å²) in [6.07, 6.45) is 0. The van der Waals surface area contributed by atoms with Gasteiger partial charge in [0.1, 0.15) is 5.82 Å². The monoisotopic (exact) mass is 392 g/mol. The highest BCUT2D eigenvalue weighted by atomic mass is 127. The van der Waals surface area contributed by atoms with Crippen molar-refractivity contribution in [1.82, 2.24) is 0 Å². The van der Waals surface area contributed by atoms with Crippen LogP contribution in [0.5, 0.6) is 0 Å². The maximum absolute atomic E-state index is 12.9. The summed E-state index contributed by atoms with van der Waals surface area (Å²) in [6, 6.07) is 2.46. The fraction of sp³-hybridized carbons (Fsp3) is 0. The molecule has 1 rings (SSSR count). The SMILES string of the molecule is O=C(O)c1cc(F)c(I)c(I)c1. The third kappa shape index (κ3) is 2.06. The Hall–Kier alpha value is 0.0800. The second-order valence-electron chi connectivity index (χ2n) is 2.06. The van der Waals surface area contributed by atoms with Gasteiger partial charge in [-0.15, -0.1) is 0 Å². The first-order valence-electron chi connectivity index (χ1n) is 2.90. The smallest absolute Gasteiger partial charge is 0.335 e. The number of hydrogen-bond donors (Lipinski definition) is 1. The lowest BCUT2D eigenvalue weighted by molar-refractivity contribution is 0.0696. The van der Waals surface area contributed by atoms with Gasteiger partial charge in [0.15, 0.2) is 0 Å². The summed E-state index contributed by atoms with van der Waals surface area (Å²) < 4.78 is 14.0. The molecule has 0 aromatic heterocycles. The van der Waals surface area contributed by atoms with Crippen LogP contribution < -0.4 is 0 Å². The highest BCUT2D eigenvalue weighted by molar-refractivity contribution is 14.1. The largest absolute Gasteiger partial charge is 0.478 e. The Morgan fingerprint density at radius 3 is 2.42 bits per heavy atom. The van der Waals surface area contributed by atoms with Gasteiger partial charge in [0, 0.05) is 3.57 Å². The van der Waals surface area contributed by atoms with E-state index >= 15 is 0 Å². The molecule has 2 nitrogen and oxygen atoms in total. The van der Waals surface area contributed by atoms with Crippen LogP contribution in [0.4, 0.5) is 4.39 Å². The number of halogens is 3. The van der Waals surface area contributed by atoms with E-state index < -0.39 is 11.8 Å². The molecule has 0 saturated heterocycles. The molecule has 1 aromatic rings. The molecule has 0 aliphatic carbocycles. The molecule has 0 radical (unpaired) electrons. The van der Waals surface area contributed by atoms with Gasteiger partial charge in [0.05, 0.1) is 9.13 Å². The molecule has 0 fully saturated rings. The number of carboxylic acid groups (broad SMARTS) is 1. The van der Waals surface area contributed by atoms with E-state index in [0.717, 1.165) is 6.07 Å². The van der Waals surface area contributed by atoms with Crippen LogP contribution in [-0.2, 0) is 0 Å². The second kappa shape index (κ2) is 3.86. The van der Waals surface area contributed by atoms with Gasteiger partial charge in [0.25, 0.3) is 0 Å². The fourth-order valence-electron chi connectivity index (χ4n) is 0.679. The van der Waals surface area contributed by atoms with Crippen molar-refractivity contribution in [3.8, 4) is 0 Å². The Kier molecular flexibility index (Phi) is 3.27. The van der Waals surface area contributed by atoms with Gasteiger partial charge in [0.2, 0.25) is 0 Å². The molecule has 1 N–H and O–H groups in total. The van der Waals surface area contributed by atoms with E-state index in [9.17, 15) is 9.18 Å². The molecule has 0 bridgehead atoms. The normalized spacial score (nSPS) is 9.92. The van der Waals surface area contributed by atoms with E-state index in [1.807, 2.05) is 45.2 Å². The molecule has 0 saturated carbocycles. The first-order valence-corrected chi connectivity index (χ1v) is 5.06. The standard InChI is InChI=1S/C7H3FI2O2/c8-4-1-3(7(11)12)2-5(9)6(4)10/h1-2H,(H,11,12). The number of aromatic carboxylic acids is 1. The summed E-state index contributed by atoms with van der Waals surface area (Å²) in [5, 5.41) is 8.55. The number of benzene rings is 1. The number of rotatable bonds is 1. The minimum absolute atomic E-state index is 0.0164. The number of carbonyl (C=O) groups is 1. The van der Waals surface area contributed by atoms with Crippen molar-refractivity contribution < 1.29 is 14.3 Å². The van der Waals surface area contributed by atoms with Crippen molar-refractivity contribution >= 4 is 51.2 Å². The molecule has 0 aliphatic heterocycles. The van der Waals surface area contributed by atoms with E-state index in [-0.39, 0.29) is 5.56 Å². The van der Waals surface area contributed by atoms with Crippen LogP contribution in [-0.4, -0.2) is 11.1 Å². The predicted octanol–water partition coefficient (Wildman–Crippen LogP) is 2.73. The Bertz CT molecular complexity index is 315. The van der Waals surface area contributed by atoms with Crippen molar-refractivity contribution in [2.45, 2.75) is 0 Å². The molecule has 1 aromatic carbocycles. The lowest BCUT2D eigenvalue weighted by Crippen LogP contribution is -1.99. The van der Waals surface area contributed by atoms with E-state index in [1.165, 1.54) is 6.07 Å².